The smallest absolute Gasteiger partial charge is 0.258 e. The molecule has 0 aromatic heterocycles. The molecule has 0 heterocycles. The van der Waals surface area contributed by atoms with E-state index >= 15 is 0 Å². The molecule has 1 atom stereocenters. The topological polar surface area (TPSA) is 50.4 Å². The molecular formula is C27H29ClF2N2O2. The Hall–Kier alpha value is -2.96. The number of carbonyl (C=O) groups is 1. The molecule has 3 aromatic carbocycles. The van der Waals surface area contributed by atoms with Crippen LogP contribution < -0.4 is 15.4 Å². The molecule has 0 spiro atoms. The number of para-hydroxylation sites is 1. The summed E-state index contributed by atoms with van der Waals surface area (Å²) in [5, 5.41) is 6.72. The van der Waals surface area contributed by atoms with E-state index in [2.05, 4.69) is 35.8 Å². The largest absolute Gasteiger partial charge is 0.482 e. The Morgan fingerprint density at radius 2 is 1.71 bits per heavy atom. The predicted octanol–water partition coefficient (Wildman–Crippen LogP) is 5.47. The fraction of sp³-hybridized carbons (Fsp3) is 0.296. The number of aryl methyl sites for hydroxylation is 1. The average Bonchev–Trinajstić information content (AvgIpc) is 2.80. The second-order valence-corrected chi connectivity index (χ2v) is 8.51. The Morgan fingerprint density at radius 1 is 0.971 bits per heavy atom. The van der Waals surface area contributed by atoms with Crippen LogP contribution in [0.15, 0.2) is 66.7 Å². The first-order chi connectivity index (χ1) is 16.4. The van der Waals surface area contributed by atoms with E-state index in [0.29, 0.717) is 42.3 Å². The van der Waals surface area contributed by atoms with Gasteiger partial charge in [0.15, 0.2) is 6.61 Å². The fourth-order valence-electron chi connectivity index (χ4n) is 3.68. The molecule has 0 fully saturated rings. The normalized spacial score (nSPS) is 11.8. The summed E-state index contributed by atoms with van der Waals surface area (Å²) in [6.45, 7) is 3.21. The second kappa shape index (κ2) is 13.1. The van der Waals surface area contributed by atoms with Crippen LogP contribution in [0, 0.1) is 11.6 Å². The number of hydrogen-bond acceptors (Lipinski definition) is 3. The number of benzene rings is 3. The van der Waals surface area contributed by atoms with Gasteiger partial charge in [-0.3, -0.25) is 4.79 Å². The summed E-state index contributed by atoms with van der Waals surface area (Å²) in [5.41, 5.74) is 2.93. The molecule has 34 heavy (non-hydrogen) atoms. The monoisotopic (exact) mass is 486 g/mol. The van der Waals surface area contributed by atoms with Crippen molar-refractivity contribution >= 4 is 17.5 Å². The third-order valence-corrected chi connectivity index (χ3v) is 5.68. The first kappa shape index (κ1) is 25.7. The van der Waals surface area contributed by atoms with Crippen LogP contribution in [0.3, 0.4) is 0 Å². The summed E-state index contributed by atoms with van der Waals surface area (Å²) in [4.78, 5) is 12.5. The maximum Gasteiger partial charge on any atom is 0.258 e. The van der Waals surface area contributed by atoms with Gasteiger partial charge in [0.2, 0.25) is 0 Å². The van der Waals surface area contributed by atoms with Gasteiger partial charge in [0.05, 0.1) is 5.02 Å². The van der Waals surface area contributed by atoms with Crippen molar-refractivity contribution in [2.45, 2.75) is 38.8 Å². The number of carbonyl (C=O) groups excluding carboxylic acids is 1. The molecule has 3 aromatic rings. The lowest BCUT2D eigenvalue weighted by Gasteiger charge is -2.20. The van der Waals surface area contributed by atoms with Crippen LogP contribution in [-0.4, -0.2) is 25.1 Å². The molecule has 0 bridgehead atoms. The van der Waals surface area contributed by atoms with E-state index in [4.69, 9.17) is 16.3 Å². The lowest BCUT2D eigenvalue weighted by Crippen LogP contribution is -2.41. The molecular weight excluding hydrogens is 458 g/mol. The summed E-state index contributed by atoms with van der Waals surface area (Å²) in [6, 6.07) is 18.3. The molecule has 0 aliphatic carbocycles. The van der Waals surface area contributed by atoms with Gasteiger partial charge in [0.1, 0.15) is 17.4 Å². The van der Waals surface area contributed by atoms with Gasteiger partial charge in [0, 0.05) is 18.7 Å². The van der Waals surface area contributed by atoms with Crippen LogP contribution in [0.2, 0.25) is 5.02 Å². The molecule has 0 saturated carbocycles. The van der Waals surface area contributed by atoms with Crippen molar-refractivity contribution in [1.82, 2.24) is 10.6 Å². The van der Waals surface area contributed by atoms with Crippen molar-refractivity contribution in [3.05, 3.63) is 100 Å². The third kappa shape index (κ3) is 8.43. The maximum absolute atomic E-state index is 13.7. The number of hydrogen-bond donors (Lipinski definition) is 2. The minimum absolute atomic E-state index is 0.213. The molecule has 2 N–H and O–H groups in total. The van der Waals surface area contributed by atoms with Crippen LogP contribution in [-0.2, 0) is 24.2 Å². The molecule has 0 aliphatic rings. The molecule has 0 unspecified atom stereocenters. The molecule has 0 saturated heterocycles. The molecule has 0 aliphatic heterocycles. The van der Waals surface area contributed by atoms with Crippen LogP contribution >= 0.6 is 11.6 Å². The van der Waals surface area contributed by atoms with E-state index in [1.165, 1.54) is 23.3 Å². The Labute approximate surface area is 204 Å². The zero-order valence-corrected chi connectivity index (χ0v) is 19.9. The van der Waals surface area contributed by atoms with Crippen molar-refractivity contribution in [3.8, 4) is 5.75 Å². The summed E-state index contributed by atoms with van der Waals surface area (Å²) in [7, 11) is 0. The van der Waals surface area contributed by atoms with E-state index in [1.54, 1.807) is 24.3 Å². The van der Waals surface area contributed by atoms with E-state index < -0.39 is 11.6 Å². The van der Waals surface area contributed by atoms with Crippen LogP contribution in [0.1, 0.15) is 30.0 Å². The standard InChI is InChI=1S/C27H29ClF2N2O2/c1-2-19-6-5-7-20(12-19)17-31-11-10-24(15-21-13-22(29)16-23(30)14-21)32-27(33)18-34-26-9-4-3-8-25(26)28/h3-9,12-14,16,24,31H,2,10-11,15,17-18H2,1H3,(H,32,33)/t24-/m1/s1. The highest BCUT2D eigenvalue weighted by atomic mass is 35.5. The van der Waals surface area contributed by atoms with Gasteiger partial charge in [-0.05, 0) is 66.8 Å². The van der Waals surface area contributed by atoms with E-state index in [9.17, 15) is 13.6 Å². The molecule has 3 rings (SSSR count). The number of ether oxygens (including phenoxy) is 1. The van der Waals surface area contributed by atoms with Gasteiger partial charge >= 0.3 is 0 Å². The van der Waals surface area contributed by atoms with Crippen LogP contribution in [0.5, 0.6) is 5.75 Å². The van der Waals surface area contributed by atoms with Crippen molar-refractivity contribution in [2.75, 3.05) is 13.2 Å². The number of amides is 1. The van der Waals surface area contributed by atoms with Crippen molar-refractivity contribution in [2.24, 2.45) is 0 Å². The van der Waals surface area contributed by atoms with Gasteiger partial charge < -0.3 is 15.4 Å². The van der Waals surface area contributed by atoms with Gasteiger partial charge in [0.25, 0.3) is 5.91 Å². The van der Waals surface area contributed by atoms with E-state index in [-0.39, 0.29) is 18.6 Å². The Morgan fingerprint density at radius 3 is 2.44 bits per heavy atom. The van der Waals surface area contributed by atoms with Gasteiger partial charge in [-0.25, -0.2) is 8.78 Å². The Balaban J connectivity index is 1.57. The minimum Gasteiger partial charge on any atom is -0.482 e. The summed E-state index contributed by atoms with van der Waals surface area (Å²) < 4.78 is 32.9. The fourth-order valence-corrected chi connectivity index (χ4v) is 3.87. The van der Waals surface area contributed by atoms with Crippen molar-refractivity contribution in [1.29, 1.82) is 0 Å². The van der Waals surface area contributed by atoms with Crippen molar-refractivity contribution < 1.29 is 18.3 Å². The van der Waals surface area contributed by atoms with Crippen LogP contribution in [0.25, 0.3) is 0 Å². The number of halogens is 3. The third-order valence-electron chi connectivity index (χ3n) is 5.36. The highest BCUT2D eigenvalue weighted by Crippen LogP contribution is 2.22. The summed E-state index contributed by atoms with van der Waals surface area (Å²) in [5.74, 6) is -1.20. The SMILES string of the molecule is CCc1cccc(CNCC[C@H](Cc2cc(F)cc(F)c2)NC(=O)COc2ccccc2Cl)c1. The summed E-state index contributed by atoms with van der Waals surface area (Å²) >= 11 is 6.07. The predicted molar refractivity (Wildman–Crippen MR) is 131 cm³/mol. The molecule has 180 valence electrons. The molecule has 4 nitrogen and oxygen atoms in total. The number of nitrogens with one attached hydrogen (secondary N) is 2. The minimum atomic E-state index is -0.643. The lowest BCUT2D eigenvalue weighted by molar-refractivity contribution is -0.123. The van der Waals surface area contributed by atoms with E-state index in [1.807, 2.05) is 6.07 Å². The quantitative estimate of drug-likeness (QED) is 0.334. The maximum atomic E-state index is 13.7. The summed E-state index contributed by atoms with van der Waals surface area (Å²) in [6.07, 6.45) is 1.84. The van der Waals surface area contributed by atoms with Gasteiger partial charge in [-0.1, -0.05) is 54.9 Å². The second-order valence-electron chi connectivity index (χ2n) is 8.10. The highest BCUT2D eigenvalue weighted by Gasteiger charge is 2.15. The number of rotatable bonds is 12. The first-order valence-electron chi connectivity index (χ1n) is 11.3. The Kier molecular flexibility index (Phi) is 9.86. The van der Waals surface area contributed by atoms with Crippen molar-refractivity contribution in [3.63, 3.8) is 0 Å². The molecule has 0 radical (unpaired) electrons. The molecule has 1 amide bonds. The lowest BCUT2D eigenvalue weighted by atomic mass is 10.0. The van der Waals surface area contributed by atoms with E-state index in [0.717, 1.165) is 12.5 Å². The van der Waals surface area contributed by atoms with Gasteiger partial charge in [-0.15, -0.1) is 0 Å². The zero-order chi connectivity index (χ0) is 24.3. The zero-order valence-electron chi connectivity index (χ0n) is 19.1. The van der Waals surface area contributed by atoms with Gasteiger partial charge in [-0.2, -0.15) is 0 Å². The first-order valence-corrected chi connectivity index (χ1v) is 11.7. The highest BCUT2D eigenvalue weighted by molar-refractivity contribution is 6.32. The molecule has 7 heteroatoms. The van der Waals surface area contributed by atoms with Crippen LogP contribution in [0.4, 0.5) is 8.78 Å². The average molecular weight is 487 g/mol. The Bertz CT molecular complexity index is 1070.